The summed E-state index contributed by atoms with van der Waals surface area (Å²) in [7, 11) is 1.58. The average Bonchev–Trinajstić information content (AvgIpc) is 3.59. The highest BCUT2D eigenvalue weighted by Gasteiger charge is 2.18. The monoisotopic (exact) mass is 508 g/mol. The van der Waals surface area contributed by atoms with Crippen molar-refractivity contribution in [2.75, 3.05) is 7.11 Å². The number of thiazole rings is 1. The maximum Gasteiger partial charge on any atom is 0.294 e. The van der Waals surface area contributed by atoms with Gasteiger partial charge < -0.3 is 13.9 Å². The fourth-order valence-electron chi connectivity index (χ4n) is 3.68. The van der Waals surface area contributed by atoms with Crippen molar-refractivity contribution in [1.82, 2.24) is 19.6 Å². The van der Waals surface area contributed by atoms with Crippen molar-refractivity contribution in [3.8, 4) is 33.0 Å². The molecule has 0 saturated carbocycles. The zero-order valence-electron chi connectivity index (χ0n) is 18.1. The third-order valence-corrected chi connectivity index (χ3v) is 7.29. The van der Waals surface area contributed by atoms with Gasteiger partial charge in [-0.3, -0.25) is 0 Å². The second kappa shape index (κ2) is 8.43. The lowest BCUT2D eigenvalue weighted by atomic mass is 10.1. The first kappa shape index (κ1) is 21.2. The van der Waals surface area contributed by atoms with Crippen molar-refractivity contribution < 1.29 is 13.9 Å². The predicted octanol–water partition coefficient (Wildman–Crippen LogP) is 6.88. The molecule has 0 unspecified atom stereocenters. The summed E-state index contributed by atoms with van der Waals surface area (Å²) < 4.78 is 19.2. The number of aryl methyl sites for hydroxylation is 1. The Morgan fingerprint density at radius 3 is 2.94 bits per heavy atom. The molecular weight excluding hydrogens is 492 g/mol. The van der Waals surface area contributed by atoms with Crippen LogP contribution < -0.4 is 9.47 Å². The Kier molecular flexibility index (Phi) is 5.24. The largest absolute Gasteiger partial charge is 0.486 e. The van der Waals surface area contributed by atoms with E-state index >= 15 is 0 Å². The van der Waals surface area contributed by atoms with Gasteiger partial charge in [0.15, 0.2) is 5.76 Å². The molecule has 0 aliphatic heterocycles. The zero-order valence-corrected chi connectivity index (χ0v) is 20.5. The Balaban J connectivity index is 1.30. The van der Waals surface area contributed by atoms with Crippen molar-refractivity contribution in [3.05, 3.63) is 70.3 Å². The highest BCUT2D eigenvalue weighted by atomic mass is 35.5. The summed E-state index contributed by atoms with van der Waals surface area (Å²) in [6.07, 6.45) is 1.72. The molecule has 0 atom stereocenters. The van der Waals surface area contributed by atoms with Crippen LogP contribution in [0.5, 0.6) is 10.9 Å². The van der Waals surface area contributed by atoms with E-state index in [1.54, 1.807) is 41.3 Å². The molecule has 34 heavy (non-hydrogen) atoms. The van der Waals surface area contributed by atoms with Crippen molar-refractivity contribution in [1.29, 1.82) is 0 Å². The molecule has 170 valence electrons. The maximum absolute atomic E-state index is 6.36. The molecule has 0 N–H and O–H groups in total. The summed E-state index contributed by atoms with van der Waals surface area (Å²) in [5.74, 6) is 1.23. The molecule has 6 rings (SSSR count). The average molecular weight is 509 g/mol. The second-order valence-corrected chi connectivity index (χ2v) is 9.85. The summed E-state index contributed by atoms with van der Waals surface area (Å²) in [5.41, 5.74) is 4.50. The number of hydrogen-bond donors (Lipinski definition) is 0. The Morgan fingerprint density at radius 2 is 2.09 bits per heavy atom. The Morgan fingerprint density at radius 1 is 1.18 bits per heavy atom. The number of imidazole rings is 1. The standard InChI is InChI=1S/C24H17ClN4O3S2/c1-13-4-3-5-14(6-13)22-27-16(12-33-22)11-31-19-7-15(25)8-20-17(19)9-21(32-20)18-10-26-23-29(18)28-24(30-2)34-23/h3-10,12H,11H2,1-2H3. The highest BCUT2D eigenvalue weighted by molar-refractivity contribution is 7.18. The number of furan rings is 1. The van der Waals surface area contributed by atoms with Gasteiger partial charge in [-0.25, -0.2) is 9.97 Å². The number of aromatic nitrogens is 4. The van der Waals surface area contributed by atoms with Crippen molar-refractivity contribution in [3.63, 3.8) is 0 Å². The van der Waals surface area contributed by atoms with Crippen molar-refractivity contribution in [2.45, 2.75) is 13.5 Å². The third-order valence-electron chi connectivity index (χ3n) is 5.25. The predicted molar refractivity (Wildman–Crippen MR) is 134 cm³/mol. The van der Waals surface area contributed by atoms with E-state index < -0.39 is 0 Å². The molecule has 10 heteroatoms. The molecular formula is C24H17ClN4O3S2. The van der Waals surface area contributed by atoms with Crippen LogP contribution in [0, 0.1) is 6.92 Å². The van der Waals surface area contributed by atoms with Crippen LogP contribution in [-0.2, 0) is 6.61 Å². The second-order valence-electron chi connectivity index (χ2n) is 7.64. The molecule has 0 aliphatic rings. The van der Waals surface area contributed by atoms with Crippen LogP contribution in [0.2, 0.25) is 5.02 Å². The van der Waals surface area contributed by atoms with E-state index in [9.17, 15) is 0 Å². The smallest absolute Gasteiger partial charge is 0.294 e. The molecule has 7 nitrogen and oxygen atoms in total. The van der Waals surface area contributed by atoms with E-state index in [-0.39, 0.29) is 0 Å². The van der Waals surface area contributed by atoms with Gasteiger partial charge in [0, 0.05) is 22.0 Å². The van der Waals surface area contributed by atoms with Crippen LogP contribution in [0.4, 0.5) is 0 Å². The van der Waals surface area contributed by atoms with Crippen LogP contribution >= 0.6 is 34.3 Å². The third kappa shape index (κ3) is 3.81. The topological polar surface area (TPSA) is 74.7 Å². The van der Waals surface area contributed by atoms with Crippen molar-refractivity contribution >= 4 is 50.2 Å². The number of rotatable bonds is 6. The normalized spacial score (nSPS) is 11.5. The van der Waals surface area contributed by atoms with E-state index in [1.807, 2.05) is 17.5 Å². The molecule has 0 amide bonds. The Hall–Kier alpha value is -3.40. The van der Waals surface area contributed by atoms with E-state index in [4.69, 9.17) is 30.5 Å². The minimum Gasteiger partial charge on any atom is -0.486 e. The summed E-state index contributed by atoms with van der Waals surface area (Å²) >= 11 is 9.31. The van der Waals surface area contributed by atoms with Crippen LogP contribution in [0.15, 0.2) is 58.5 Å². The number of hydrogen-bond acceptors (Lipinski definition) is 8. The lowest BCUT2D eigenvalue weighted by Crippen LogP contribution is -1.96. The first-order valence-electron chi connectivity index (χ1n) is 10.3. The van der Waals surface area contributed by atoms with Gasteiger partial charge in [0.05, 0.1) is 24.4 Å². The first-order valence-corrected chi connectivity index (χ1v) is 12.4. The fourth-order valence-corrected chi connectivity index (χ4v) is 5.37. The van der Waals surface area contributed by atoms with E-state index in [0.717, 1.165) is 32.3 Å². The van der Waals surface area contributed by atoms with Crippen molar-refractivity contribution in [2.24, 2.45) is 0 Å². The number of benzene rings is 2. The number of ether oxygens (including phenoxy) is 2. The highest BCUT2D eigenvalue weighted by Crippen LogP contribution is 2.37. The molecule has 0 aliphatic carbocycles. The number of halogens is 1. The van der Waals surface area contributed by atoms with E-state index in [2.05, 4.69) is 35.2 Å². The van der Waals surface area contributed by atoms with Gasteiger partial charge in [0.1, 0.15) is 28.6 Å². The van der Waals surface area contributed by atoms with Crippen LogP contribution in [-0.4, -0.2) is 26.7 Å². The van der Waals surface area contributed by atoms with Gasteiger partial charge in [-0.2, -0.15) is 4.52 Å². The lowest BCUT2D eigenvalue weighted by Gasteiger charge is -2.06. The summed E-state index contributed by atoms with van der Waals surface area (Å²) in [6, 6.07) is 13.8. The molecule has 2 aromatic carbocycles. The molecule has 6 aromatic rings. The maximum atomic E-state index is 6.36. The summed E-state index contributed by atoms with van der Waals surface area (Å²) in [4.78, 5) is 9.85. The SMILES string of the molecule is COc1nn2c(-c3cc4c(OCc5csc(-c6cccc(C)c6)n5)cc(Cl)cc4o3)cnc2s1. The summed E-state index contributed by atoms with van der Waals surface area (Å²) in [6.45, 7) is 2.39. The first-order chi connectivity index (χ1) is 16.6. The lowest BCUT2D eigenvalue weighted by molar-refractivity contribution is 0.306. The van der Waals surface area contributed by atoms with Gasteiger partial charge in [0.2, 0.25) is 4.96 Å². The van der Waals surface area contributed by atoms with Crippen LogP contribution in [0.3, 0.4) is 0 Å². The quantitative estimate of drug-likeness (QED) is 0.244. The molecule has 0 spiro atoms. The molecule has 4 heterocycles. The van der Waals surface area contributed by atoms with Gasteiger partial charge in [-0.1, -0.05) is 35.4 Å². The fraction of sp³-hybridized carbons (Fsp3) is 0.125. The number of methoxy groups -OCH3 is 1. The van der Waals surface area contributed by atoms with Crippen LogP contribution in [0.1, 0.15) is 11.3 Å². The molecule has 0 saturated heterocycles. The van der Waals surface area contributed by atoms with E-state index in [0.29, 0.717) is 33.9 Å². The molecule has 0 radical (unpaired) electrons. The Labute approximate surface area is 207 Å². The minimum atomic E-state index is 0.318. The van der Waals surface area contributed by atoms with Gasteiger partial charge in [-0.05, 0) is 36.5 Å². The number of fused-ring (bicyclic) bond motifs is 2. The molecule has 0 fully saturated rings. The Bertz CT molecular complexity index is 1650. The summed E-state index contributed by atoms with van der Waals surface area (Å²) in [5, 5.41) is 9.25. The molecule has 4 aromatic heterocycles. The van der Waals surface area contributed by atoms with Crippen LogP contribution in [0.25, 0.3) is 38.0 Å². The van der Waals surface area contributed by atoms with Gasteiger partial charge in [-0.15, -0.1) is 16.4 Å². The van der Waals surface area contributed by atoms with Gasteiger partial charge in [0.25, 0.3) is 5.19 Å². The zero-order chi connectivity index (χ0) is 23.2. The van der Waals surface area contributed by atoms with E-state index in [1.165, 1.54) is 16.9 Å². The van der Waals surface area contributed by atoms with Gasteiger partial charge >= 0.3 is 0 Å². The minimum absolute atomic E-state index is 0.318. The molecule has 0 bridgehead atoms. The number of nitrogens with zero attached hydrogens (tertiary/aromatic N) is 4.